The number of hydrogen-bond acceptors (Lipinski definition) is 10. The molecule has 3 aromatic rings. The van der Waals surface area contributed by atoms with E-state index in [-0.39, 0.29) is 26.8 Å². The molecule has 24 heteroatoms. The van der Waals surface area contributed by atoms with Gasteiger partial charge in [-0.05, 0) is 131 Å². The van der Waals surface area contributed by atoms with Crippen LogP contribution in [0.3, 0.4) is 0 Å². The minimum atomic E-state index is -4.68. The van der Waals surface area contributed by atoms with Crippen LogP contribution in [0.15, 0.2) is 87.5 Å². The molecule has 2 saturated heterocycles. The Morgan fingerprint density at radius 2 is 1.05 bits per heavy atom. The Balaban J connectivity index is 0.000000176. The lowest BCUT2D eigenvalue weighted by Gasteiger charge is -2.40. The van der Waals surface area contributed by atoms with Crippen molar-refractivity contribution in [3.63, 3.8) is 0 Å². The number of nitrogens with one attached hydrogen (secondary N) is 3. The lowest BCUT2D eigenvalue weighted by molar-refractivity contribution is 0.290. The summed E-state index contributed by atoms with van der Waals surface area (Å²) >= 11 is 15.5. The summed E-state index contributed by atoms with van der Waals surface area (Å²) in [6.45, 7) is -0.0385. The van der Waals surface area contributed by atoms with E-state index in [0.717, 1.165) is 61.6 Å². The Morgan fingerprint density at radius 1 is 0.635 bits per heavy atom. The van der Waals surface area contributed by atoms with Gasteiger partial charge in [-0.3, -0.25) is 15.3 Å². The first-order valence-electron chi connectivity index (χ1n) is 21.0. The lowest BCUT2D eigenvalue weighted by Crippen LogP contribution is -2.50. The van der Waals surface area contributed by atoms with Crippen LogP contribution in [0.1, 0.15) is 93.7 Å². The smallest absolute Gasteiger partial charge is 0.264 e. The van der Waals surface area contributed by atoms with Crippen LogP contribution in [0, 0.1) is 20.8 Å². The third-order valence-electron chi connectivity index (χ3n) is 12.1. The summed E-state index contributed by atoms with van der Waals surface area (Å²) < 4.78 is 81.9. The molecule has 15 nitrogen and oxygen atoms in total. The molecule has 0 spiro atoms. The van der Waals surface area contributed by atoms with Crippen molar-refractivity contribution >= 4 is 83.7 Å². The topological polar surface area (TPSA) is 232 Å². The Kier molecular flexibility index (Phi) is 16.6. The van der Waals surface area contributed by atoms with Crippen molar-refractivity contribution in [3.05, 3.63) is 89.5 Å². The van der Waals surface area contributed by atoms with Crippen LogP contribution in [-0.2, 0) is 64.9 Å². The van der Waals surface area contributed by atoms with E-state index in [2.05, 4.69) is 15.3 Å². The molecule has 3 aliphatic carbocycles. The molecule has 0 aromatic heterocycles. The van der Waals surface area contributed by atoms with Gasteiger partial charge in [0, 0.05) is 36.3 Å². The van der Waals surface area contributed by atoms with Gasteiger partial charge >= 0.3 is 0 Å². The summed E-state index contributed by atoms with van der Waals surface area (Å²) in [6, 6.07) is 17.6. The predicted octanol–water partition coefficient (Wildman–Crippen LogP) is 6.08. The Hall–Kier alpha value is -0.900. The van der Waals surface area contributed by atoms with Crippen LogP contribution in [0.25, 0.3) is 0 Å². The van der Waals surface area contributed by atoms with Crippen molar-refractivity contribution < 1.29 is 39.9 Å². The maximum atomic E-state index is 13.7. The van der Waals surface area contributed by atoms with Gasteiger partial charge in [-0.25, -0.2) is 25.3 Å². The highest BCUT2D eigenvalue weighted by Crippen LogP contribution is 2.60. The van der Waals surface area contributed by atoms with E-state index >= 15 is 0 Å². The van der Waals surface area contributed by atoms with E-state index < -0.39 is 60.3 Å². The largest absolute Gasteiger partial charge is 0.343 e. The number of aryl methyl sites for hydroxylation is 3. The van der Waals surface area contributed by atoms with Gasteiger partial charge < -0.3 is 20.4 Å². The highest BCUT2D eigenvalue weighted by atomic mass is 32.9. The quantitative estimate of drug-likeness (QED) is 0.127. The van der Waals surface area contributed by atoms with E-state index in [4.69, 9.17) is 41.2 Å². The van der Waals surface area contributed by atoms with Crippen LogP contribution in [0.4, 0.5) is 0 Å². The Labute approximate surface area is 388 Å². The first kappa shape index (κ1) is 51.5. The number of nitrogens with two attached hydrogens (primary N) is 1. The van der Waals surface area contributed by atoms with E-state index in [1.165, 1.54) is 41.2 Å². The maximum absolute atomic E-state index is 13.7. The first-order chi connectivity index (χ1) is 29.4. The zero-order valence-corrected chi connectivity index (χ0v) is 43.0. The molecule has 0 bridgehead atoms. The molecule has 3 saturated carbocycles. The summed E-state index contributed by atoms with van der Waals surface area (Å²) in [5.74, 6) is 0. The summed E-state index contributed by atoms with van der Waals surface area (Å²) in [4.78, 5) is 31.3. The molecule has 0 radical (unpaired) electrons. The van der Waals surface area contributed by atoms with E-state index in [9.17, 15) is 39.9 Å². The van der Waals surface area contributed by atoms with E-state index in [0.29, 0.717) is 35.4 Å². The summed E-state index contributed by atoms with van der Waals surface area (Å²) in [5, 5.41) is 9.20. The molecule has 5 fully saturated rings. The molecular formula is C39H59N6O9P3S6. The monoisotopic (exact) mass is 1040 g/mol. The molecule has 350 valence electrons. The average molecular weight is 1040 g/mol. The Morgan fingerprint density at radius 3 is 1.54 bits per heavy atom. The zero-order valence-electron chi connectivity index (χ0n) is 35.4. The van der Waals surface area contributed by atoms with Gasteiger partial charge in [-0.1, -0.05) is 91.6 Å². The van der Waals surface area contributed by atoms with Crippen molar-refractivity contribution in [2.75, 3.05) is 0 Å². The molecule has 5 aliphatic rings. The minimum absolute atomic E-state index is 0.0187. The van der Waals surface area contributed by atoms with Crippen LogP contribution in [-0.4, -0.2) is 84.3 Å². The molecule has 8 rings (SSSR count). The average Bonchev–Trinajstić information content (AvgIpc) is 3.69. The van der Waals surface area contributed by atoms with E-state index in [1.54, 1.807) is 55.5 Å². The van der Waals surface area contributed by atoms with Crippen LogP contribution in [0.2, 0.25) is 0 Å². The number of rotatable bonds is 8. The highest BCUT2D eigenvalue weighted by molar-refractivity contribution is 8.65. The Bertz CT molecular complexity index is 2580. The van der Waals surface area contributed by atoms with Gasteiger partial charge in [0.05, 0.1) is 14.7 Å². The number of nitrogens with zero attached hydrogens (tertiary/aromatic N) is 2. The first-order valence-corrected chi connectivity index (χ1v) is 34.1. The highest BCUT2D eigenvalue weighted by Gasteiger charge is 2.53. The van der Waals surface area contributed by atoms with Gasteiger partial charge in [0.15, 0.2) is 6.57 Å². The fraction of sp³-hybridized carbons (Fsp3) is 0.538. The number of sulfonamides is 2. The number of hydrogen-bond donors (Lipinski definition) is 7. The normalized spacial score (nSPS) is 31.0. The molecule has 8 N–H and O–H groups in total. The zero-order chi connectivity index (χ0) is 46.2. The molecule has 8 unspecified atom stereocenters. The molecule has 2 aliphatic heterocycles. The third-order valence-corrected chi connectivity index (χ3v) is 31.0. The van der Waals surface area contributed by atoms with Crippen LogP contribution in [0.5, 0.6) is 0 Å². The molecule has 0 amide bonds. The second kappa shape index (κ2) is 20.4. The van der Waals surface area contributed by atoms with Crippen molar-refractivity contribution in [1.82, 2.24) is 23.4 Å². The molecule has 2 heterocycles. The van der Waals surface area contributed by atoms with Gasteiger partial charge in [-0.2, -0.15) is 0 Å². The molecular weight excluding hydrogens is 982 g/mol. The van der Waals surface area contributed by atoms with Gasteiger partial charge in [-0.15, -0.1) is 8.15 Å². The SMILES string of the molecule is Cc1ccc(S(=O)(=O)N(C2CCCCC2N)P(O)(=S)S(=O)(=O)c2ccc(C)cc2)cc1.Cc1ccc(S(=O)(=O)N2C3CCCCC3NP2(O)=S)cc1.OP1(=S)NC2CCCCC2N1. The standard InChI is InChI=1S/C20H27N2O5PS3.C13H19N2O3PS2.C6H13N2OPS/c1-15-7-11-17(12-8-15)30(24,25)22(20-6-4-3-5-19(20)21)28(23,29)31(26,27)18-13-9-16(2)10-14-18;1-10-6-8-11(9-7-10)21(17,18)15-13-5-3-2-4-12(13)14-19(15,16)20;9-10(11)7-5-3-1-2-4-6(5)8-10/h7-14,19-20H,3-6,21H2,1-2H3,(H,23,29);6-9,12-13H,2-5H2,1H3,(H2,14,16,20);5-6H,1-4H2,(H3,7,8,9,11). The third kappa shape index (κ3) is 11.5. The second-order valence-electron chi connectivity index (χ2n) is 16.9. The van der Waals surface area contributed by atoms with Crippen LogP contribution >= 0.6 is 18.7 Å². The summed E-state index contributed by atoms with van der Waals surface area (Å²) in [5.41, 5.74) is 4.22. The van der Waals surface area contributed by atoms with Crippen molar-refractivity contribution in [1.29, 1.82) is 0 Å². The van der Waals surface area contributed by atoms with E-state index in [1.807, 2.05) is 13.8 Å². The number of benzene rings is 3. The lowest BCUT2D eigenvalue weighted by atomic mass is 9.92. The minimum Gasteiger partial charge on any atom is -0.343 e. The van der Waals surface area contributed by atoms with Gasteiger partial charge in [0.25, 0.3) is 5.62 Å². The maximum Gasteiger partial charge on any atom is 0.264 e. The summed E-state index contributed by atoms with van der Waals surface area (Å²) in [7, 11) is -12.8. The van der Waals surface area contributed by atoms with Crippen LogP contribution < -0.4 is 21.0 Å². The van der Waals surface area contributed by atoms with Gasteiger partial charge in [0.2, 0.25) is 36.1 Å². The predicted molar refractivity (Wildman–Crippen MR) is 260 cm³/mol. The molecule has 8 atom stereocenters. The summed E-state index contributed by atoms with van der Waals surface area (Å²) in [6.07, 6.45) is 10.8. The second-order valence-corrected chi connectivity index (χ2v) is 35.7. The fourth-order valence-corrected chi connectivity index (χ4v) is 27.1. The van der Waals surface area contributed by atoms with Gasteiger partial charge in [0.1, 0.15) is 0 Å². The number of fused-ring (bicyclic) bond motifs is 2. The van der Waals surface area contributed by atoms with Crippen molar-refractivity contribution in [3.8, 4) is 0 Å². The molecule has 3 aromatic carbocycles. The van der Waals surface area contributed by atoms with Crippen molar-refractivity contribution in [2.24, 2.45) is 5.73 Å². The van der Waals surface area contributed by atoms with Crippen molar-refractivity contribution in [2.45, 2.75) is 149 Å². The fourth-order valence-electron chi connectivity index (χ4n) is 8.76. The molecule has 63 heavy (non-hydrogen) atoms.